The van der Waals surface area contributed by atoms with Crippen LogP contribution >= 0.6 is 0 Å². The molecule has 0 radical (unpaired) electrons. The van der Waals surface area contributed by atoms with Crippen molar-refractivity contribution < 1.29 is 14.3 Å². The Hall–Kier alpha value is -2.73. The molecule has 1 amide bonds. The number of aromatic nitrogens is 2. The molecule has 2 heterocycles. The SMILES string of the molecule is O=C(Cn1ncc2ccccc21)N1C[C@H](O)C[C@H]1c1ccc(F)cc1. The molecule has 6 heteroatoms. The summed E-state index contributed by atoms with van der Waals surface area (Å²) in [5.41, 5.74) is 1.73. The van der Waals surface area contributed by atoms with Gasteiger partial charge in [-0.05, 0) is 30.2 Å². The van der Waals surface area contributed by atoms with Crippen molar-refractivity contribution >= 4 is 16.8 Å². The van der Waals surface area contributed by atoms with E-state index in [2.05, 4.69) is 5.10 Å². The number of halogens is 1. The van der Waals surface area contributed by atoms with E-state index in [1.54, 1.807) is 27.9 Å². The van der Waals surface area contributed by atoms with Gasteiger partial charge in [0.25, 0.3) is 0 Å². The van der Waals surface area contributed by atoms with Gasteiger partial charge in [0.05, 0.1) is 23.9 Å². The first-order valence-electron chi connectivity index (χ1n) is 8.25. The summed E-state index contributed by atoms with van der Waals surface area (Å²) in [6, 6.07) is 13.6. The van der Waals surface area contributed by atoms with Crippen LogP contribution in [0.4, 0.5) is 4.39 Å². The van der Waals surface area contributed by atoms with Gasteiger partial charge < -0.3 is 10.0 Å². The first-order chi connectivity index (χ1) is 12.1. The lowest BCUT2D eigenvalue weighted by atomic mass is 10.0. The molecule has 4 rings (SSSR count). The largest absolute Gasteiger partial charge is 0.391 e. The highest BCUT2D eigenvalue weighted by molar-refractivity contribution is 5.82. The number of aliphatic hydroxyl groups excluding tert-OH is 1. The van der Waals surface area contributed by atoms with Gasteiger partial charge >= 0.3 is 0 Å². The average molecular weight is 339 g/mol. The molecule has 1 fully saturated rings. The summed E-state index contributed by atoms with van der Waals surface area (Å²) in [6.45, 7) is 0.387. The van der Waals surface area contributed by atoms with Gasteiger partial charge in [-0.2, -0.15) is 5.10 Å². The minimum Gasteiger partial charge on any atom is -0.391 e. The summed E-state index contributed by atoms with van der Waals surface area (Å²) in [6.07, 6.45) is 1.62. The Balaban J connectivity index is 1.58. The second kappa shape index (κ2) is 6.29. The number of likely N-dealkylation sites (tertiary alicyclic amines) is 1. The second-order valence-corrected chi connectivity index (χ2v) is 6.36. The molecular formula is C19H18FN3O2. The number of amides is 1. The van der Waals surface area contributed by atoms with Gasteiger partial charge in [-0.25, -0.2) is 4.39 Å². The summed E-state index contributed by atoms with van der Waals surface area (Å²) in [5, 5.41) is 15.3. The highest BCUT2D eigenvalue weighted by atomic mass is 19.1. The van der Waals surface area contributed by atoms with Crippen LogP contribution in [-0.4, -0.2) is 38.3 Å². The number of hydrogen-bond donors (Lipinski definition) is 1. The van der Waals surface area contributed by atoms with Gasteiger partial charge in [0.15, 0.2) is 0 Å². The molecule has 3 aromatic rings. The Morgan fingerprint density at radius 2 is 1.96 bits per heavy atom. The predicted octanol–water partition coefficient (Wildman–Crippen LogP) is 2.51. The molecular weight excluding hydrogens is 321 g/mol. The van der Waals surface area contributed by atoms with E-state index in [0.29, 0.717) is 6.42 Å². The molecule has 0 bridgehead atoms. The normalized spacial score (nSPS) is 20.3. The van der Waals surface area contributed by atoms with E-state index in [4.69, 9.17) is 0 Å². The lowest BCUT2D eigenvalue weighted by molar-refractivity contribution is -0.133. The van der Waals surface area contributed by atoms with Gasteiger partial charge in [0.2, 0.25) is 5.91 Å². The van der Waals surface area contributed by atoms with Crippen LogP contribution < -0.4 is 0 Å². The van der Waals surface area contributed by atoms with Crippen molar-refractivity contribution in [2.24, 2.45) is 0 Å². The topological polar surface area (TPSA) is 58.4 Å². The van der Waals surface area contributed by atoms with E-state index in [1.165, 1.54) is 12.1 Å². The molecule has 0 unspecified atom stereocenters. The molecule has 1 saturated heterocycles. The van der Waals surface area contributed by atoms with Crippen molar-refractivity contribution in [1.82, 2.24) is 14.7 Å². The summed E-state index contributed by atoms with van der Waals surface area (Å²) >= 11 is 0. The number of benzene rings is 2. The van der Waals surface area contributed by atoms with E-state index in [-0.39, 0.29) is 30.9 Å². The summed E-state index contributed by atoms with van der Waals surface area (Å²) in [7, 11) is 0. The quantitative estimate of drug-likeness (QED) is 0.798. The first-order valence-corrected chi connectivity index (χ1v) is 8.25. The zero-order chi connectivity index (χ0) is 17.4. The van der Waals surface area contributed by atoms with Crippen molar-refractivity contribution in [3.05, 3.63) is 66.1 Å². The fourth-order valence-electron chi connectivity index (χ4n) is 3.46. The molecule has 0 spiro atoms. The van der Waals surface area contributed by atoms with Gasteiger partial charge in [-0.1, -0.05) is 30.3 Å². The van der Waals surface area contributed by atoms with Crippen molar-refractivity contribution in [3.63, 3.8) is 0 Å². The van der Waals surface area contributed by atoms with Crippen LogP contribution in [0.3, 0.4) is 0 Å². The Morgan fingerprint density at radius 3 is 2.76 bits per heavy atom. The van der Waals surface area contributed by atoms with E-state index < -0.39 is 6.10 Å². The van der Waals surface area contributed by atoms with Crippen LogP contribution in [0.2, 0.25) is 0 Å². The molecule has 0 aliphatic carbocycles. The number of aliphatic hydroxyl groups is 1. The highest BCUT2D eigenvalue weighted by Gasteiger charge is 2.35. The van der Waals surface area contributed by atoms with Crippen molar-refractivity contribution in [3.8, 4) is 0 Å². The highest BCUT2D eigenvalue weighted by Crippen LogP contribution is 2.32. The minimum atomic E-state index is -0.576. The number of nitrogens with zero attached hydrogens (tertiary/aromatic N) is 3. The smallest absolute Gasteiger partial charge is 0.244 e. The summed E-state index contributed by atoms with van der Waals surface area (Å²) in [4.78, 5) is 14.5. The molecule has 1 aliphatic heterocycles. The second-order valence-electron chi connectivity index (χ2n) is 6.36. The number of fused-ring (bicyclic) bond motifs is 1. The van der Waals surface area contributed by atoms with Crippen LogP contribution in [-0.2, 0) is 11.3 Å². The maximum Gasteiger partial charge on any atom is 0.244 e. The lowest BCUT2D eigenvalue weighted by Crippen LogP contribution is -2.34. The third-order valence-electron chi connectivity index (χ3n) is 4.69. The monoisotopic (exact) mass is 339 g/mol. The zero-order valence-electron chi connectivity index (χ0n) is 13.5. The molecule has 2 atom stereocenters. The van der Waals surface area contributed by atoms with Crippen molar-refractivity contribution in [2.75, 3.05) is 6.54 Å². The predicted molar refractivity (Wildman–Crippen MR) is 91.2 cm³/mol. The maximum atomic E-state index is 13.2. The third-order valence-corrected chi connectivity index (χ3v) is 4.69. The van der Waals surface area contributed by atoms with Gasteiger partial charge in [-0.3, -0.25) is 9.48 Å². The average Bonchev–Trinajstić information content (AvgIpc) is 3.20. The molecule has 25 heavy (non-hydrogen) atoms. The van der Waals surface area contributed by atoms with E-state index in [1.807, 2.05) is 24.3 Å². The van der Waals surface area contributed by atoms with Crippen LogP contribution in [0.15, 0.2) is 54.7 Å². The Morgan fingerprint density at radius 1 is 1.20 bits per heavy atom. The number of carbonyl (C=O) groups is 1. The Bertz CT molecular complexity index is 906. The Kier molecular flexibility index (Phi) is 3.97. The third kappa shape index (κ3) is 3.00. The standard InChI is InChI=1S/C19H18FN3O2/c20-15-7-5-13(6-8-15)18-9-16(24)11-22(18)19(25)12-23-17-4-2-1-3-14(17)10-21-23/h1-8,10,16,18,24H,9,11-12H2/t16-,18+/m1/s1. The number of para-hydroxylation sites is 1. The lowest BCUT2D eigenvalue weighted by Gasteiger charge is -2.25. The Labute approximate surface area is 144 Å². The summed E-state index contributed by atoms with van der Waals surface area (Å²) < 4.78 is 14.8. The molecule has 1 aliphatic rings. The fourth-order valence-corrected chi connectivity index (χ4v) is 3.46. The number of hydrogen-bond acceptors (Lipinski definition) is 3. The van der Waals surface area contributed by atoms with E-state index >= 15 is 0 Å². The van der Waals surface area contributed by atoms with Crippen LogP contribution in [0.1, 0.15) is 18.0 Å². The number of carbonyl (C=O) groups excluding carboxylic acids is 1. The number of β-amino-alcohol motifs (C(OH)–C–C–N with tert-alkyl or cyclic N) is 1. The molecule has 1 N–H and O–H groups in total. The minimum absolute atomic E-state index is 0.109. The zero-order valence-corrected chi connectivity index (χ0v) is 13.5. The molecule has 128 valence electrons. The van der Waals surface area contributed by atoms with Gasteiger partial charge in [0.1, 0.15) is 12.4 Å². The molecule has 2 aromatic carbocycles. The number of rotatable bonds is 3. The fraction of sp³-hybridized carbons (Fsp3) is 0.263. The van der Waals surface area contributed by atoms with E-state index in [9.17, 15) is 14.3 Å². The summed E-state index contributed by atoms with van der Waals surface area (Å²) in [5.74, 6) is -0.428. The van der Waals surface area contributed by atoms with Crippen LogP contribution in [0.25, 0.3) is 10.9 Å². The van der Waals surface area contributed by atoms with Crippen molar-refractivity contribution in [2.45, 2.75) is 25.1 Å². The van der Waals surface area contributed by atoms with Crippen LogP contribution in [0.5, 0.6) is 0 Å². The molecule has 5 nitrogen and oxygen atoms in total. The molecule has 1 aromatic heterocycles. The van der Waals surface area contributed by atoms with Crippen LogP contribution in [0, 0.1) is 5.82 Å². The van der Waals surface area contributed by atoms with Gasteiger partial charge in [-0.15, -0.1) is 0 Å². The maximum absolute atomic E-state index is 13.2. The first kappa shape index (κ1) is 15.8. The van der Waals surface area contributed by atoms with E-state index in [0.717, 1.165) is 16.5 Å². The van der Waals surface area contributed by atoms with Gasteiger partial charge in [0, 0.05) is 11.9 Å². The molecule has 0 saturated carbocycles. The van der Waals surface area contributed by atoms with Crippen molar-refractivity contribution in [1.29, 1.82) is 0 Å².